The summed E-state index contributed by atoms with van der Waals surface area (Å²) in [7, 11) is 0. The Morgan fingerprint density at radius 1 is 0.968 bits per heavy atom. The number of hydrogen-bond donors (Lipinski definition) is 1. The lowest BCUT2D eigenvalue weighted by atomic mass is 10.1. The van der Waals surface area contributed by atoms with Gasteiger partial charge in [-0.05, 0) is 42.5 Å². The summed E-state index contributed by atoms with van der Waals surface area (Å²) in [5, 5.41) is 4.12. The second-order valence-electron chi connectivity index (χ2n) is 7.29. The maximum atomic E-state index is 12.6. The number of nitrogens with one attached hydrogen (secondary N) is 1. The number of rotatable bonds is 2. The van der Waals surface area contributed by atoms with Gasteiger partial charge in [0.1, 0.15) is 0 Å². The molecule has 0 saturated carbocycles. The van der Waals surface area contributed by atoms with Gasteiger partial charge >= 0.3 is 6.03 Å². The average Bonchev–Trinajstić information content (AvgIpc) is 3.26. The van der Waals surface area contributed by atoms with Crippen LogP contribution in [0.4, 0.5) is 10.5 Å². The third kappa shape index (κ3) is 3.82. The van der Waals surface area contributed by atoms with Crippen LogP contribution in [0.5, 0.6) is 11.5 Å². The van der Waals surface area contributed by atoms with Crippen LogP contribution in [-0.2, 0) is 0 Å². The molecule has 0 aliphatic carbocycles. The van der Waals surface area contributed by atoms with Crippen molar-refractivity contribution in [3.8, 4) is 11.5 Å². The van der Waals surface area contributed by atoms with Crippen LogP contribution in [0.1, 0.15) is 10.4 Å². The minimum Gasteiger partial charge on any atom is -0.454 e. The number of ether oxygens (including phenoxy) is 2. The fraction of sp³-hybridized carbons (Fsp3) is 0.227. The highest BCUT2D eigenvalue weighted by atomic mass is 35.5. The van der Waals surface area contributed by atoms with Gasteiger partial charge in [0, 0.05) is 54.0 Å². The van der Waals surface area contributed by atoms with Crippen molar-refractivity contribution in [2.45, 2.75) is 0 Å². The van der Waals surface area contributed by atoms with Crippen molar-refractivity contribution in [2.75, 3.05) is 37.9 Å². The molecule has 0 radical (unpaired) electrons. The van der Waals surface area contributed by atoms with Crippen molar-refractivity contribution in [1.82, 2.24) is 15.2 Å². The lowest BCUT2D eigenvalue weighted by Gasteiger charge is -2.36. The maximum absolute atomic E-state index is 12.6. The SMILES string of the molecule is O=C(NC(=O)N1CCN(c2ccnc3cc(Cl)ccc23)CC1)c1ccc2c(c1)OCO2. The normalized spacial score (nSPS) is 15.3. The van der Waals surface area contributed by atoms with E-state index in [2.05, 4.69) is 15.2 Å². The van der Waals surface area contributed by atoms with Crippen LogP contribution < -0.4 is 19.7 Å². The van der Waals surface area contributed by atoms with E-state index in [-0.39, 0.29) is 6.79 Å². The number of piperazine rings is 1. The minimum absolute atomic E-state index is 0.128. The number of halogens is 1. The van der Waals surface area contributed by atoms with Gasteiger partial charge in [0.25, 0.3) is 5.91 Å². The predicted molar refractivity (Wildman–Crippen MR) is 116 cm³/mol. The third-order valence-corrected chi connectivity index (χ3v) is 5.68. The van der Waals surface area contributed by atoms with Crippen molar-refractivity contribution in [1.29, 1.82) is 0 Å². The third-order valence-electron chi connectivity index (χ3n) is 5.44. The molecule has 3 aromatic rings. The molecule has 0 atom stereocenters. The van der Waals surface area contributed by atoms with Gasteiger partial charge in [-0.15, -0.1) is 0 Å². The van der Waals surface area contributed by atoms with Gasteiger partial charge in [0.15, 0.2) is 11.5 Å². The number of carbonyl (C=O) groups excluding carboxylic acids is 2. The Morgan fingerprint density at radius 3 is 2.61 bits per heavy atom. The summed E-state index contributed by atoms with van der Waals surface area (Å²) >= 11 is 6.08. The number of pyridine rings is 1. The van der Waals surface area contributed by atoms with E-state index in [0.29, 0.717) is 48.3 Å². The standard InChI is InChI=1S/C22H19ClN4O4/c23-15-2-3-16-17(12-15)24-6-5-18(16)26-7-9-27(10-8-26)22(29)25-21(28)14-1-4-19-20(11-14)31-13-30-19/h1-6,11-12H,7-10,13H2,(H,25,28,29). The van der Waals surface area contributed by atoms with Crippen LogP contribution in [0.3, 0.4) is 0 Å². The van der Waals surface area contributed by atoms with Gasteiger partial charge in [0.05, 0.1) is 5.52 Å². The molecule has 0 spiro atoms. The van der Waals surface area contributed by atoms with Gasteiger partial charge in [-0.1, -0.05) is 11.6 Å². The lowest BCUT2D eigenvalue weighted by molar-refractivity contribution is 0.0950. The summed E-state index contributed by atoms with van der Waals surface area (Å²) in [6.07, 6.45) is 1.76. The molecule has 2 aliphatic rings. The Morgan fingerprint density at radius 2 is 1.77 bits per heavy atom. The van der Waals surface area contributed by atoms with Gasteiger partial charge in [-0.2, -0.15) is 0 Å². The summed E-state index contributed by atoms with van der Waals surface area (Å²) < 4.78 is 10.5. The quantitative estimate of drug-likeness (QED) is 0.661. The molecular formula is C22H19ClN4O4. The highest BCUT2D eigenvalue weighted by Gasteiger charge is 2.24. The number of fused-ring (bicyclic) bond motifs is 2. The van der Waals surface area contributed by atoms with Crippen LogP contribution >= 0.6 is 11.6 Å². The van der Waals surface area contributed by atoms with Crippen LogP contribution in [0.25, 0.3) is 10.9 Å². The number of hydrogen-bond acceptors (Lipinski definition) is 6. The molecule has 8 nitrogen and oxygen atoms in total. The molecular weight excluding hydrogens is 420 g/mol. The Kier molecular flexibility index (Phi) is 4.99. The van der Waals surface area contributed by atoms with E-state index in [9.17, 15) is 9.59 Å². The molecule has 2 aliphatic heterocycles. The van der Waals surface area contributed by atoms with Gasteiger partial charge in [0.2, 0.25) is 6.79 Å². The van der Waals surface area contributed by atoms with Crippen molar-refractivity contribution in [3.05, 3.63) is 59.2 Å². The number of amides is 3. The number of aromatic nitrogens is 1. The number of carbonyl (C=O) groups is 2. The maximum Gasteiger partial charge on any atom is 0.324 e. The highest BCUT2D eigenvalue weighted by molar-refractivity contribution is 6.31. The smallest absolute Gasteiger partial charge is 0.324 e. The molecule has 1 N–H and O–H groups in total. The minimum atomic E-state index is -0.470. The average molecular weight is 439 g/mol. The molecule has 5 rings (SSSR count). The first-order chi connectivity index (χ1) is 15.1. The summed E-state index contributed by atoms with van der Waals surface area (Å²) in [6.45, 7) is 2.42. The van der Waals surface area contributed by atoms with E-state index in [0.717, 1.165) is 16.6 Å². The molecule has 1 fully saturated rings. The Balaban J connectivity index is 1.22. The summed E-state index contributed by atoms with van der Waals surface area (Å²) in [5.41, 5.74) is 2.23. The molecule has 2 aromatic carbocycles. The van der Waals surface area contributed by atoms with Crippen LogP contribution in [-0.4, -0.2) is 54.8 Å². The molecule has 31 heavy (non-hydrogen) atoms. The van der Waals surface area contributed by atoms with E-state index in [1.807, 2.05) is 24.3 Å². The van der Waals surface area contributed by atoms with Gasteiger partial charge in [-0.25, -0.2) is 4.79 Å². The predicted octanol–water partition coefficient (Wildman–Crippen LogP) is 3.29. The monoisotopic (exact) mass is 438 g/mol. The molecule has 0 bridgehead atoms. The molecule has 3 heterocycles. The van der Waals surface area contributed by atoms with Crippen molar-refractivity contribution in [3.63, 3.8) is 0 Å². The summed E-state index contributed by atoms with van der Waals surface area (Å²) in [4.78, 5) is 33.3. The molecule has 1 saturated heterocycles. The fourth-order valence-electron chi connectivity index (χ4n) is 3.82. The first-order valence-electron chi connectivity index (χ1n) is 9.87. The van der Waals surface area contributed by atoms with E-state index < -0.39 is 11.9 Å². The van der Waals surface area contributed by atoms with E-state index >= 15 is 0 Å². The first-order valence-corrected chi connectivity index (χ1v) is 10.3. The van der Waals surface area contributed by atoms with Gasteiger partial charge in [-0.3, -0.25) is 15.1 Å². The fourth-order valence-corrected chi connectivity index (χ4v) is 3.98. The second kappa shape index (κ2) is 7.96. The lowest BCUT2D eigenvalue weighted by Crippen LogP contribution is -2.52. The number of imide groups is 1. The molecule has 9 heteroatoms. The van der Waals surface area contributed by atoms with Crippen molar-refractivity contribution in [2.24, 2.45) is 0 Å². The zero-order valence-corrected chi connectivity index (χ0v) is 17.3. The number of benzene rings is 2. The first kappa shape index (κ1) is 19.4. The number of nitrogens with zero attached hydrogens (tertiary/aromatic N) is 3. The molecule has 3 amide bonds. The Bertz CT molecular complexity index is 1180. The Hall–Kier alpha value is -3.52. The Labute approximate surface area is 183 Å². The van der Waals surface area contributed by atoms with E-state index in [1.165, 1.54) is 0 Å². The van der Waals surface area contributed by atoms with Crippen LogP contribution in [0, 0.1) is 0 Å². The topological polar surface area (TPSA) is 84.0 Å². The van der Waals surface area contributed by atoms with Crippen LogP contribution in [0.2, 0.25) is 5.02 Å². The van der Waals surface area contributed by atoms with Gasteiger partial charge < -0.3 is 19.3 Å². The molecule has 158 valence electrons. The van der Waals surface area contributed by atoms with Crippen molar-refractivity contribution < 1.29 is 19.1 Å². The zero-order chi connectivity index (χ0) is 21.4. The number of anilines is 1. The van der Waals surface area contributed by atoms with E-state index in [4.69, 9.17) is 21.1 Å². The zero-order valence-electron chi connectivity index (χ0n) is 16.5. The summed E-state index contributed by atoms with van der Waals surface area (Å²) in [6, 6.07) is 12.0. The molecule has 0 unspecified atom stereocenters. The second-order valence-corrected chi connectivity index (χ2v) is 7.73. The van der Waals surface area contributed by atoms with E-state index in [1.54, 1.807) is 29.3 Å². The van der Waals surface area contributed by atoms with Crippen LogP contribution in [0.15, 0.2) is 48.7 Å². The summed E-state index contributed by atoms with van der Waals surface area (Å²) in [5.74, 6) is 0.618. The molecule has 1 aromatic heterocycles. The largest absolute Gasteiger partial charge is 0.454 e. The highest BCUT2D eigenvalue weighted by Crippen LogP contribution is 2.32. The van der Waals surface area contributed by atoms with Crippen molar-refractivity contribution >= 4 is 40.1 Å². The number of urea groups is 1.